The van der Waals surface area contributed by atoms with Crippen LogP contribution in [0.15, 0.2) is 36.4 Å². The van der Waals surface area contributed by atoms with E-state index in [4.69, 9.17) is 14.2 Å². The van der Waals surface area contributed by atoms with Gasteiger partial charge in [-0.25, -0.2) is 0 Å². The van der Waals surface area contributed by atoms with E-state index in [1.807, 2.05) is 13.8 Å². The van der Waals surface area contributed by atoms with E-state index in [1.165, 1.54) is 25.3 Å². The monoisotopic (exact) mass is 360 g/mol. The summed E-state index contributed by atoms with van der Waals surface area (Å²) >= 11 is 0. The number of hydrogen-bond acceptors (Lipinski definition) is 6. The average molecular weight is 360 g/mol. The summed E-state index contributed by atoms with van der Waals surface area (Å²) in [6.07, 6.45) is 0. The van der Waals surface area contributed by atoms with E-state index in [-0.39, 0.29) is 11.4 Å². The number of amides is 1. The molecule has 0 aromatic heterocycles. The van der Waals surface area contributed by atoms with Crippen LogP contribution in [0.25, 0.3) is 0 Å². The van der Waals surface area contributed by atoms with Gasteiger partial charge in [-0.05, 0) is 44.2 Å². The first-order chi connectivity index (χ1) is 12.5. The standard InChI is InChI=1S/C18H20N2O6/c1-4-25-16-9-6-12(10-17(16)26-5-2)18(21)19-14-8-7-13(24-3)11-15(14)20(22)23/h6-11H,4-5H2,1-3H3,(H,19,21). The van der Waals surface area contributed by atoms with Gasteiger partial charge in [0.25, 0.3) is 11.6 Å². The Kier molecular flexibility index (Phi) is 6.37. The zero-order valence-corrected chi connectivity index (χ0v) is 14.8. The number of methoxy groups -OCH3 is 1. The summed E-state index contributed by atoms with van der Waals surface area (Å²) in [6.45, 7) is 4.54. The van der Waals surface area contributed by atoms with Crippen LogP contribution in [0.5, 0.6) is 17.2 Å². The van der Waals surface area contributed by atoms with Gasteiger partial charge in [0.15, 0.2) is 11.5 Å². The Hall–Kier alpha value is -3.29. The minimum atomic E-state index is -0.581. The van der Waals surface area contributed by atoms with E-state index in [2.05, 4.69) is 5.32 Å². The van der Waals surface area contributed by atoms with Crippen LogP contribution in [0.3, 0.4) is 0 Å². The lowest BCUT2D eigenvalue weighted by Crippen LogP contribution is -2.13. The summed E-state index contributed by atoms with van der Waals surface area (Å²) in [4.78, 5) is 23.2. The second-order valence-electron chi connectivity index (χ2n) is 5.12. The number of nitro benzene ring substituents is 1. The molecule has 26 heavy (non-hydrogen) atoms. The van der Waals surface area contributed by atoms with Crippen LogP contribution in [0.2, 0.25) is 0 Å². The SMILES string of the molecule is CCOc1ccc(C(=O)Nc2ccc(OC)cc2[N+](=O)[O-])cc1OCC. The highest BCUT2D eigenvalue weighted by atomic mass is 16.6. The predicted octanol–water partition coefficient (Wildman–Crippen LogP) is 3.65. The van der Waals surface area contributed by atoms with Crippen LogP contribution < -0.4 is 19.5 Å². The van der Waals surface area contributed by atoms with Crippen molar-refractivity contribution in [3.8, 4) is 17.2 Å². The van der Waals surface area contributed by atoms with Crippen LogP contribution in [0.1, 0.15) is 24.2 Å². The summed E-state index contributed by atoms with van der Waals surface area (Å²) in [5.41, 5.74) is 0.114. The molecule has 0 saturated heterocycles. The van der Waals surface area contributed by atoms with Crippen molar-refractivity contribution in [2.45, 2.75) is 13.8 Å². The molecule has 2 rings (SSSR count). The topological polar surface area (TPSA) is 99.9 Å². The number of nitrogens with zero attached hydrogens (tertiary/aromatic N) is 1. The maximum Gasteiger partial charge on any atom is 0.296 e. The van der Waals surface area contributed by atoms with E-state index in [1.54, 1.807) is 18.2 Å². The van der Waals surface area contributed by atoms with Gasteiger partial charge in [-0.3, -0.25) is 14.9 Å². The van der Waals surface area contributed by atoms with Crippen molar-refractivity contribution in [3.63, 3.8) is 0 Å². The Bertz CT molecular complexity index is 806. The molecular formula is C18H20N2O6. The molecule has 0 aliphatic rings. The molecule has 0 atom stereocenters. The number of carbonyl (C=O) groups is 1. The number of ether oxygens (including phenoxy) is 3. The molecular weight excluding hydrogens is 340 g/mol. The number of nitro groups is 1. The molecule has 0 radical (unpaired) electrons. The summed E-state index contributed by atoms with van der Waals surface area (Å²) in [7, 11) is 1.41. The van der Waals surface area contributed by atoms with Gasteiger partial charge in [0.1, 0.15) is 11.4 Å². The van der Waals surface area contributed by atoms with Crippen LogP contribution in [-0.2, 0) is 0 Å². The largest absolute Gasteiger partial charge is 0.496 e. The Morgan fingerprint density at radius 2 is 1.77 bits per heavy atom. The van der Waals surface area contributed by atoms with Crippen molar-refractivity contribution < 1.29 is 23.9 Å². The Morgan fingerprint density at radius 1 is 1.08 bits per heavy atom. The lowest BCUT2D eigenvalue weighted by Gasteiger charge is -2.12. The number of benzene rings is 2. The lowest BCUT2D eigenvalue weighted by molar-refractivity contribution is -0.384. The van der Waals surface area contributed by atoms with E-state index < -0.39 is 10.8 Å². The molecule has 138 valence electrons. The van der Waals surface area contributed by atoms with E-state index in [0.29, 0.717) is 36.0 Å². The van der Waals surface area contributed by atoms with Gasteiger partial charge >= 0.3 is 0 Å². The molecule has 2 aromatic rings. The normalized spacial score (nSPS) is 10.1. The van der Waals surface area contributed by atoms with E-state index >= 15 is 0 Å². The van der Waals surface area contributed by atoms with Crippen LogP contribution in [0, 0.1) is 10.1 Å². The Balaban J connectivity index is 2.30. The second-order valence-corrected chi connectivity index (χ2v) is 5.12. The number of carbonyl (C=O) groups excluding carboxylic acids is 1. The number of anilines is 1. The fraction of sp³-hybridized carbons (Fsp3) is 0.278. The minimum Gasteiger partial charge on any atom is -0.496 e. The van der Waals surface area contributed by atoms with E-state index in [0.717, 1.165) is 0 Å². The average Bonchev–Trinajstić information content (AvgIpc) is 2.63. The Morgan fingerprint density at radius 3 is 2.38 bits per heavy atom. The number of nitrogens with one attached hydrogen (secondary N) is 1. The quantitative estimate of drug-likeness (QED) is 0.570. The van der Waals surface area contributed by atoms with Gasteiger partial charge in [0.05, 0.1) is 31.3 Å². The molecule has 0 saturated carbocycles. The summed E-state index contributed by atoms with van der Waals surface area (Å²) in [5.74, 6) is 0.796. The molecule has 8 heteroatoms. The summed E-state index contributed by atoms with van der Waals surface area (Å²) < 4.78 is 15.9. The van der Waals surface area contributed by atoms with Gasteiger partial charge in [0.2, 0.25) is 0 Å². The highest BCUT2D eigenvalue weighted by molar-refractivity contribution is 6.05. The molecule has 8 nitrogen and oxygen atoms in total. The zero-order valence-electron chi connectivity index (χ0n) is 14.8. The first-order valence-corrected chi connectivity index (χ1v) is 8.03. The predicted molar refractivity (Wildman–Crippen MR) is 96.4 cm³/mol. The molecule has 2 aromatic carbocycles. The summed E-state index contributed by atoms with van der Waals surface area (Å²) in [6, 6.07) is 8.95. The third-order valence-electron chi connectivity index (χ3n) is 3.46. The molecule has 0 bridgehead atoms. The lowest BCUT2D eigenvalue weighted by atomic mass is 10.1. The molecule has 0 spiro atoms. The van der Waals surface area contributed by atoms with Crippen molar-refractivity contribution >= 4 is 17.3 Å². The third kappa shape index (κ3) is 4.41. The first-order valence-electron chi connectivity index (χ1n) is 8.03. The zero-order chi connectivity index (χ0) is 19.1. The molecule has 0 unspecified atom stereocenters. The van der Waals surface area contributed by atoms with Gasteiger partial charge in [-0.15, -0.1) is 0 Å². The highest BCUT2D eigenvalue weighted by Crippen LogP contribution is 2.31. The van der Waals surface area contributed by atoms with Crippen molar-refractivity contribution in [1.82, 2.24) is 0 Å². The first kappa shape index (κ1) is 19.0. The van der Waals surface area contributed by atoms with Crippen molar-refractivity contribution in [3.05, 3.63) is 52.1 Å². The van der Waals surface area contributed by atoms with Crippen molar-refractivity contribution in [1.29, 1.82) is 0 Å². The molecule has 0 heterocycles. The Labute approximate surface area is 150 Å². The van der Waals surface area contributed by atoms with Crippen LogP contribution in [-0.4, -0.2) is 31.2 Å². The highest BCUT2D eigenvalue weighted by Gasteiger charge is 2.19. The van der Waals surface area contributed by atoms with E-state index in [9.17, 15) is 14.9 Å². The van der Waals surface area contributed by atoms with Crippen LogP contribution >= 0.6 is 0 Å². The van der Waals surface area contributed by atoms with Crippen LogP contribution in [0.4, 0.5) is 11.4 Å². The maximum atomic E-state index is 12.5. The fourth-order valence-electron chi connectivity index (χ4n) is 2.28. The molecule has 1 amide bonds. The van der Waals surface area contributed by atoms with Gasteiger partial charge in [-0.2, -0.15) is 0 Å². The molecule has 1 N–H and O–H groups in total. The minimum absolute atomic E-state index is 0.0765. The number of rotatable bonds is 8. The van der Waals surface area contributed by atoms with Crippen molar-refractivity contribution in [2.24, 2.45) is 0 Å². The molecule has 0 aliphatic heterocycles. The summed E-state index contributed by atoms with van der Waals surface area (Å²) in [5, 5.41) is 13.8. The van der Waals surface area contributed by atoms with Gasteiger partial charge in [0, 0.05) is 5.56 Å². The molecule has 0 aliphatic carbocycles. The second kappa shape index (κ2) is 8.70. The molecule has 0 fully saturated rings. The van der Waals surface area contributed by atoms with Crippen molar-refractivity contribution in [2.75, 3.05) is 25.6 Å². The third-order valence-corrected chi connectivity index (χ3v) is 3.46. The maximum absolute atomic E-state index is 12.5. The van der Waals surface area contributed by atoms with Gasteiger partial charge in [-0.1, -0.05) is 0 Å². The smallest absolute Gasteiger partial charge is 0.296 e. The number of hydrogen-bond donors (Lipinski definition) is 1. The van der Waals surface area contributed by atoms with Gasteiger partial charge < -0.3 is 19.5 Å². The fourth-order valence-corrected chi connectivity index (χ4v) is 2.28.